The first-order valence-corrected chi connectivity index (χ1v) is 8.15. The van der Waals surface area contributed by atoms with Crippen LogP contribution >= 0.6 is 23.1 Å². The van der Waals surface area contributed by atoms with E-state index in [4.69, 9.17) is 5.11 Å². The minimum Gasteiger partial charge on any atom is -0.396 e. The molecule has 0 spiro atoms. The minimum atomic E-state index is -0.0756. The third kappa shape index (κ3) is 2.90. The molecule has 0 saturated heterocycles. The molecule has 0 aromatic carbocycles. The molecule has 2 heterocycles. The molecular weight excluding hydrogens is 266 g/mol. The monoisotopic (exact) mass is 285 g/mol. The summed E-state index contributed by atoms with van der Waals surface area (Å²) in [6.07, 6.45) is 1.07. The van der Waals surface area contributed by atoms with E-state index in [1.807, 2.05) is 13.8 Å². The number of thiophene rings is 1. The van der Waals surface area contributed by atoms with Gasteiger partial charge in [0.15, 0.2) is 0 Å². The highest BCUT2D eigenvalue weighted by Crippen LogP contribution is 2.39. The van der Waals surface area contributed by atoms with E-state index >= 15 is 0 Å². The SMILES string of the molecule is CC(CO)C(C)NC(=O)C1SCCc2sccc21. The van der Waals surface area contributed by atoms with Crippen molar-refractivity contribution in [1.82, 2.24) is 5.32 Å². The van der Waals surface area contributed by atoms with Crippen molar-refractivity contribution in [3.05, 3.63) is 21.9 Å². The molecule has 0 fully saturated rings. The molecule has 3 unspecified atom stereocenters. The number of aryl methyl sites for hydroxylation is 1. The van der Waals surface area contributed by atoms with Crippen LogP contribution in [0.5, 0.6) is 0 Å². The summed E-state index contributed by atoms with van der Waals surface area (Å²) in [5, 5.41) is 14.1. The topological polar surface area (TPSA) is 49.3 Å². The number of hydrogen-bond acceptors (Lipinski definition) is 4. The number of rotatable bonds is 4. The van der Waals surface area contributed by atoms with Gasteiger partial charge in [0.2, 0.25) is 5.91 Å². The molecule has 0 radical (unpaired) electrons. The van der Waals surface area contributed by atoms with Crippen molar-refractivity contribution < 1.29 is 9.90 Å². The van der Waals surface area contributed by atoms with Crippen LogP contribution in [0, 0.1) is 5.92 Å². The zero-order valence-corrected chi connectivity index (χ0v) is 12.3. The summed E-state index contributed by atoms with van der Waals surface area (Å²) in [5.74, 6) is 1.17. The molecule has 18 heavy (non-hydrogen) atoms. The first kappa shape index (κ1) is 13.9. The Morgan fingerprint density at radius 1 is 1.61 bits per heavy atom. The lowest BCUT2D eigenvalue weighted by Crippen LogP contribution is -2.40. The van der Waals surface area contributed by atoms with Crippen LogP contribution in [0.15, 0.2) is 11.4 Å². The summed E-state index contributed by atoms with van der Waals surface area (Å²) < 4.78 is 0. The molecule has 100 valence electrons. The second kappa shape index (κ2) is 6.08. The Balaban J connectivity index is 2.03. The second-order valence-electron chi connectivity index (χ2n) is 4.76. The molecule has 0 saturated carbocycles. The number of carbonyl (C=O) groups is 1. The van der Waals surface area contributed by atoms with Crippen LogP contribution in [-0.2, 0) is 11.2 Å². The second-order valence-corrected chi connectivity index (χ2v) is 6.97. The predicted molar refractivity (Wildman–Crippen MR) is 77.1 cm³/mol. The lowest BCUT2D eigenvalue weighted by Gasteiger charge is -2.25. The standard InChI is InChI=1S/C13H19NO2S2/c1-8(7-15)9(2)14-13(16)12-10-3-5-17-11(10)4-6-18-12/h3,5,8-9,12,15H,4,6-7H2,1-2H3,(H,14,16). The summed E-state index contributed by atoms with van der Waals surface area (Å²) in [4.78, 5) is 13.6. The molecule has 3 atom stereocenters. The van der Waals surface area contributed by atoms with Crippen molar-refractivity contribution in [2.75, 3.05) is 12.4 Å². The number of aliphatic hydroxyl groups is 1. The highest BCUT2D eigenvalue weighted by Gasteiger charge is 2.29. The van der Waals surface area contributed by atoms with E-state index in [1.165, 1.54) is 10.4 Å². The highest BCUT2D eigenvalue weighted by atomic mass is 32.2. The van der Waals surface area contributed by atoms with E-state index in [-0.39, 0.29) is 29.7 Å². The van der Waals surface area contributed by atoms with E-state index in [0.717, 1.165) is 12.2 Å². The largest absolute Gasteiger partial charge is 0.396 e. The van der Waals surface area contributed by atoms with Crippen LogP contribution in [-0.4, -0.2) is 29.4 Å². The maximum atomic E-state index is 12.3. The van der Waals surface area contributed by atoms with Gasteiger partial charge < -0.3 is 10.4 Å². The molecule has 1 aromatic heterocycles. The minimum absolute atomic E-state index is 0.00659. The predicted octanol–water partition coefficient (Wildman–Crippen LogP) is 2.21. The first-order chi connectivity index (χ1) is 8.63. The fourth-order valence-corrected chi connectivity index (χ4v) is 4.27. The highest BCUT2D eigenvalue weighted by molar-refractivity contribution is 8.00. The third-order valence-corrected chi connectivity index (χ3v) is 5.66. The number of carbonyl (C=O) groups excluding carboxylic acids is 1. The van der Waals surface area contributed by atoms with E-state index in [0.29, 0.717) is 0 Å². The van der Waals surface area contributed by atoms with Crippen LogP contribution in [0.4, 0.5) is 0 Å². The molecule has 2 N–H and O–H groups in total. The maximum Gasteiger partial charge on any atom is 0.237 e. The summed E-state index contributed by atoms with van der Waals surface area (Å²) >= 11 is 3.45. The Labute approximate surface area is 116 Å². The van der Waals surface area contributed by atoms with Gasteiger partial charge in [-0.05, 0) is 42.0 Å². The van der Waals surface area contributed by atoms with Gasteiger partial charge in [0.1, 0.15) is 5.25 Å². The quantitative estimate of drug-likeness (QED) is 0.892. The number of amides is 1. The number of aliphatic hydroxyl groups excluding tert-OH is 1. The zero-order chi connectivity index (χ0) is 13.1. The average molecular weight is 285 g/mol. The molecule has 1 amide bonds. The Kier molecular flexibility index (Phi) is 4.70. The lowest BCUT2D eigenvalue weighted by molar-refractivity contribution is -0.121. The van der Waals surface area contributed by atoms with Gasteiger partial charge in [0.25, 0.3) is 0 Å². The van der Waals surface area contributed by atoms with E-state index in [2.05, 4.69) is 16.8 Å². The molecule has 1 aliphatic heterocycles. The van der Waals surface area contributed by atoms with Crippen molar-refractivity contribution in [3.63, 3.8) is 0 Å². The average Bonchev–Trinajstić information content (AvgIpc) is 2.85. The molecular formula is C13H19NO2S2. The normalized spacial score (nSPS) is 22.1. The molecule has 3 nitrogen and oxygen atoms in total. The van der Waals surface area contributed by atoms with Crippen molar-refractivity contribution >= 4 is 29.0 Å². The van der Waals surface area contributed by atoms with Crippen LogP contribution in [0.1, 0.15) is 29.5 Å². The first-order valence-electron chi connectivity index (χ1n) is 6.22. The van der Waals surface area contributed by atoms with Crippen LogP contribution in [0.3, 0.4) is 0 Å². The smallest absolute Gasteiger partial charge is 0.237 e. The van der Waals surface area contributed by atoms with Gasteiger partial charge in [-0.3, -0.25) is 4.79 Å². The molecule has 1 aliphatic rings. The lowest BCUT2D eigenvalue weighted by atomic mass is 10.0. The summed E-state index contributed by atoms with van der Waals surface area (Å²) in [6.45, 7) is 3.98. The number of thioether (sulfide) groups is 1. The van der Waals surface area contributed by atoms with Crippen molar-refractivity contribution in [2.24, 2.45) is 5.92 Å². The summed E-state index contributed by atoms with van der Waals surface area (Å²) in [5.41, 5.74) is 1.18. The Morgan fingerprint density at radius 3 is 3.11 bits per heavy atom. The Bertz CT molecular complexity index is 419. The third-order valence-electron chi connectivity index (χ3n) is 3.43. The Morgan fingerprint density at radius 2 is 2.39 bits per heavy atom. The summed E-state index contributed by atoms with van der Waals surface area (Å²) in [7, 11) is 0. The van der Waals surface area contributed by atoms with Crippen LogP contribution in [0.25, 0.3) is 0 Å². The number of fused-ring (bicyclic) bond motifs is 1. The Hall–Kier alpha value is -0.520. The van der Waals surface area contributed by atoms with Gasteiger partial charge in [0.05, 0.1) is 0 Å². The zero-order valence-electron chi connectivity index (χ0n) is 10.7. The fraction of sp³-hybridized carbons (Fsp3) is 0.615. The molecule has 1 aromatic rings. The fourth-order valence-electron chi connectivity index (χ4n) is 1.96. The molecule has 0 bridgehead atoms. The van der Waals surface area contributed by atoms with Gasteiger partial charge in [-0.2, -0.15) is 0 Å². The number of hydrogen-bond donors (Lipinski definition) is 2. The van der Waals surface area contributed by atoms with Crippen molar-refractivity contribution in [1.29, 1.82) is 0 Å². The summed E-state index contributed by atoms with van der Waals surface area (Å²) in [6, 6.07) is 2.07. The van der Waals surface area contributed by atoms with E-state index < -0.39 is 0 Å². The van der Waals surface area contributed by atoms with E-state index in [1.54, 1.807) is 23.1 Å². The maximum absolute atomic E-state index is 12.3. The molecule has 5 heteroatoms. The number of nitrogens with one attached hydrogen (secondary N) is 1. The van der Waals surface area contributed by atoms with Gasteiger partial charge in [-0.25, -0.2) is 0 Å². The van der Waals surface area contributed by atoms with Gasteiger partial charge in [-0.1, -0.05) is 6.92 Å². The van der Waals surface area contributed by atoms with Crippen LogP contribution in [0.2, 0.25) is 0 Å². The van der Waals surface area contributed by atoms with Gasteiger partial charge in [0, 0.05) is 17.5 Å². The molecule has 2 rings (SSSR count). The van der Waals surface area contributed by atoms with Gasteiger partial charge in [-0.15, -0.1) is 23.1 Å². The van der Waals surface area contributed by atoms with Crippen molar-refractivity contribution in [3.8, 4) is 0 Å². The van der Waals surface area contributed by atoms with Gasteiger partial charge >= 0.3 is 0 Å². The molecule has 0 aliphatic carbocycles. The van der Waals surface area contributed by atoms with Crippen molar-refractivity contribution in [2.45, 2.75) is 31.6 Å². The van der Waals surface area contributed by atoms with E-state index in [9.17, 15) is 4.79 Å². The van der Waals surface area contributed by atoms with Crippen LogP contribution < -0.4 is 5.32 Å².